The molecule has 3 fully saturated rings. The molecule has 0 aromatic heterocycles. The molecule has 6 unspecified atom stereocenters. The topological polar surface area (TPSA) is 20.2 Å². The number of aliphatic hydroxyl groups is 1. The number of unbranched alkanes of at least 4 members (excludes halogenated alkanes) is 1. The van der Waals surface area contributed by atoms with Crippen LogP contribution >= 0.6 is 0 Å². The fraction of sp³-hybridized carbons (Fsp3) is 1.00. The Labute approximate surface area is 189 Å². The quantitative estimate of drug-likeness (QED) is 0.376. The van der Waals surface area contributed by atoms with Gasteiger partial charge in [-0.15, -0.1) is 0 Å². The Bertz CT molecular complexity index is 451. The second-order valence-corrected chi connectivity index (χ2v) is 11.7. The van der Waals surface area contributed by atoms with E-state index < -0.39 is 0 Å². The highest BCUT2D eigenvalue weighted by Crippen LogP contribution is 2.51. The molecule has 3 saturated carbocycles. The van der Waals surface area contributed by atoms with Crippen molar-refractivity contribution in [2.24, 2.45) is 47.3 Å². The van der Waals surface area contributed by atoms with Crippen molar-refractivity contribution in [3.8, 4) is 0 Å². The first kappa shape index (κ1) is 24.6. The molecule has 1 nitrogen and oxygen atoms in total. The van der Waals surface area contributed by atoms with E-state index in [2.05, 4.69) is 20.8 Å². The van der Waals surface area contributed by atoms with Gasteiger partial charge in [0, 0.05) is 6.61 Å². The highest BCUT2D eigenvalue weighted by atomic mass is 16.2. The van der Waals surface area contributed by atoms with E-state index in [4.69, 9.17) is 0 Å². The molecule has 0 radical (unpaired) electrons. The van der Waals surface area contributed by atoms with E-state index in [1.807, 2.05) is 0 Å². The maximum Gasteiger partial charge on any atom is 0.0431 e. The molecule has 0 aromatic rings. The molecule has 176 valence electrons. The zero-order chi connectivity index (χ0) is 21.3. The molecule has 0 aliphatic heterocycles. The molecular weight excluding hydrogens is 364 g/mol. The molecule has 0 bridgehead atoms. The first-order valence-electron chi connectivity index (χ1n) is 14.3. The Morgan fingerprint density at radius 3 is 1.83 bits per heavy atom. The van der Waals surface area contributed by atoms with E-state index in [1.165, 1.54) is 70.6 Å². The summed E-state index contributed by atoms with van der Waals surface area (Å²) < 4.78 is 0. The summed E-state index contributed by atoms with van der Waals surface area (Å²) in [5.74, 6) is 8.10. The zero-order valence-electron chi connectivity index (χ0n) is 20.8. The maximum atomic E-state index is 9.22. The second kappa shape index (κ2) is 12.9. The number of hydrogen-bond acceptors (Lipinski definition) is 1. The average molecular weight is 419 g/mol. The third-order valence-corrected chi connectivity index (χ3v) is 10.1. The second-order valence-electron chi connectivity index (χ2n) is 11.7. The van der Waals surface area contributed by atoms with Gasteiger partial charge in [-0.3, -0.25) is 0 Å². The van der Waals surface area contributed by atoms with Gasteiger partial charge in [-0.05, 0) is 105 Å². The van der Waals surface area contributed by atoms with Crippen molar-refractivity contribution in [2.75, 3.05) is 6.61 Å². The SMILES string of the molecule is CCCCC1CCC(C2CCC(C3CCC(CCCO)CC3CC)CC2CC)CC1. The smallest absolute Gasteiger partial charge is 0.0431 e. The predicted octanol–water partition coefficient (Wildman–Crippen LogP) is 8.64. The summed E-state index contributed by atoms with van der Waals surface area (Å²) in [5, 5.41) is 9.22. The summed E-state index contributed by atoms with van der Waals surface area (Å²) in [4.78, 5) is 0. The van der Waals surface area contributed by atoms with E-state index in [-0.39, 0.29) is 0 Å². The summed E-state index contributed by atoms with van der Waals surface area (Å²) >= 11 is 0. The van der Waals surface area contributed by atoms with Gasteiger partial charge in [0.05, 0.1) is 0 Å². The largest absolute Gasteiger partial charge is 0.396 e. The lowest BCUT2D eigenvalue weighted by molar-refractivity contribution is 0.0283. The van der Waals surface area contributed by atoms with Crippen molar-refractivity contribution >= 4 is 0 Å². The van der Waals surface area contributed by atoms with Gasteiger partial charge in [-0.25, -0.2) is 0 Å². The molecule has 0 amide bonds. The monoisotopic (exact) mass is 418 g/mol. The Morgan fingerprint density at radius 2 is 1.17 bits per heavy atom. The number of rotatable bonds is 10. The number of hydrogen-bond donors (Lipinski definition) is 1. The molecule has 6 atom stereocenters. The zero-order valence-corrected chi connectivity index (χ0v) is 20.8. The van der Waals surface area contributed by atoms with E-state index in [0.717, 1.165) is 53.8 Å². The minimum absolute atomic E-state index is 0.388. The van der Waals surface area contributed by atoms with Crippen LogP contribution in [0.25, 0.3) is 0 Å². The third kappa shape index (κ3) is 6.49. The van der Waals surface area contributed by atoms with Crippen LogP contribution in [0.1, 0.15) is 130 Å². The molecule has 0 saturated heterocycles. The van der Waals surface area contributed by atoms with Crippen molar-refractivity contribution in [3.63, 3.8) is 0 Å². The van der Waals surface area contributed by atoms with Crippen molar-refractivity contribution in [1.29, 1.82) is 0 Å². The van der Waals surface area contributed by atoms with E-state index in [0.29, 0.717) is 6.61 Å². The standard InChI is InChI=1S/C29H54O/c1-4-7-9-22-11-14-26(15-12-22)28-18-16-27(21-25(28)6-3)29-17-13-23(10-8-19-30)20-24(29)5-2/h22-30H,4-21H2,1-3H3. The van der Waals surface area contributed by atoms with Crippen molar-refractivity contribution in [2.45, 2.75) is 130 Å². The predicted molar refractivity (Wildman–Crippen MR) is 131 cm³/mol. The lowest BCUT2D eigenvalue weighted by Gasteiger charge is -2.47. The molecule has 0 aromatic carbocycles. The fourth-order valence-corrected chi connectivity index (χ4v) is 8.32. The van der Waals surface area contributed by atoms with Crippen LogP contribution < -0.4 is 0 Å². The Kier molecular flexibility index (Phi) is 10.5. The first-order valence-corrected chi connectivity index (χ1v) is 14.3. The molecule has 0 heterocycles. The lowest BCUT2D eigenvalue weighted by atomic mass is 9.58. The van der Waals surface area contributed by atoms with Crippen LogP contribution in [0, 0.1) is 47.3 Å². The van der Waals surface area contributed by atoms with Gasteiger partial charge < -0.3 is 5.11 Å². The van der Waals surface area contributed by atoms with Crippen molar-refractivity contribution in [3.05, 3.63) is 0 Å². The van der Waals surface area contributed by atoms with E-state index >= 15 is 0 Å². The molecule has 3 aliphatic rings. The van der Waals surface area contributed by atoms with Gasteiger partial charge in [-0.2, -0.15) is 0 Å². The minimum Gasteiger partial charge on any atom is -0.396 e. The molecule has 0 spiro atoms. The summed E-state index contributed by atoms with van der Waals surface area (Å²) in [6.07, 6.45) is 24.7. The van der Waals surface area contributed by atoms with Gasteiger partial charge in [0.15, 0.2) is 0 Å². The normalized spacial score (nSPS) is 40.4. The molecule has 3 rings (SSSR count). The van der Waals surface area contributed by atoms with Crippen LogP contribution in [0.2, 0.25) is 0 Å². The minimum atomic E-state index is 0.388. The third-order valence-electron chi connectivity index (χ3n) is 10.1. The molecular formula is C29H54O. The number of aliphatic hydroxyl groups excluding tert-OH is 1. The van der Waals surface area contributed by atoms with Crippen molar-refractivity contribution in [1.82, 2.24) is 0 Å². The summed E-state index contributed by atoms with van der Waals surface area (Å²) in [7, 11) is 0. The van der Waals surface area contributed by atoms with E-state index in [9.17, 15) is 5.11 Å². The molecule has 1 N–H and O–H groups in total. The fourth-order valence-electron chi connectivity index (χ4n) is 8.32. The van der Waals surface area contributed by atoms with Crippen LogP contribution in [0.5, 0.6) is 0 Å². The van der Waals surface area contributed by atoms with Gasteiger partial charge in [0.2, 0.25) is 0 Å². The van der Waals surface area contributed by atoms with Crippen LogP contribution in [0.15, 0.2) is 0 Å². The summed E-state index contributed by atoms with van der Waals surface area (Å²) in [5.41, 5.74) is 0. The Morgan fingerprint density at radius 1 is 0.600 bits per heavy atom. The highest BCUT2D eigenvalue weighted by Gasteiger charge is 2.41. The van der Waals surface area contributed by atoms with Gasteiger partial charge in [-0.1, -0.05) is 72.1 Å². The van der Waals surface area contributed by atoms with Gasteiger partial charge in [0.25, 0.3) is 0 Å². The Hall–Kier alpha value is -0.0400. The summed E-state index contributed by atoms with van der Waals surface area (Å²) in [6, 6.07) is 0. The van der Waals surface area contributed by atoms with Crippen molar-refractivity contribution < 1.29 is 5.11 Å². The van der Waals surface area contributed by atoms with Crippen LogP contribution in [-0.2, 0) is 0 Å². The summed E-state index contributed by atoms with van der Waals surface area (Å²) in [6.45, 7) is 7.68. The first-order chi connectivity index (χ1) is 14.7. The van der Waals surface area contributed by atoms with Crippen LogP contribution in [0.4, 0.5) is 0 Å². The average Bonchev–Trinajstić information content (AvgIpc) is 2.81. The highest BCUT2D eigenvalue weighted by molar-refractivity contribution is 4.91. The van der Waals surface area contributed by atoms with Gasteiger partial charge >= 0.3 is 0 Å². The Balaban J connectivity index is 1.50. The molecule has 3 aliphatic carbocycles. The van der Waals surface area contributed by atoms with Crippen LogP contribution in [-0.4, -0.2) is 11.7 Å². The molecule has 30 heavy (non-hydrogen) atoms. The lowest BCUT2D eigenvalue weighted by Crippen LogP contribution is -2.38. The van der Waals surface area contributed by atoms with Gasteiger partial charge in [0.1, 0.15) is 0 Å². The van der Waals surface area contributed by atoms with E-state index in [1.54, 1.807) is 32.1 Å². The molecule has 1 heteroatoms. The maximum absolute atomic E-state index is 9.22. The van der Waals surface area contributed by atoms with Crippen LogP contribution in [0.3, 0.4) is 0 Å².